The van der Waals surface area contributed by atoms with Gasteiger partial charge in [0.1, 0.15) is 6.29 Å². The fourth-order valence-electron chi connectivity index (χ4n) is 1.91. The van der Waals surface area contributed by atoms with Crippen LogP contribution < -0.4 is 0 Å². The van der Waals surface area contributed by atoms with Gasteiger partial charge in [-0.1, -0.05) is 50.6 Å². The van der Waals surface area contributed by atoms with Crippen LogP contribution in [-0.2, 0) is 16.1 Å². The van der Waals surface area contributed by atoms with Crippen molar-refractivity contribution < 1.29 is 9.53 Å². The summed E-state index contributed by atoms with van der Waals surface area (Å²) in [5, 5.41) is 0. The number of aryl methyl sites for hydroxylation is 1. The highest BCUT2D eigenvalue weighted by Gasteiger charge is 2.20. The average Bonchev–Trinajstić information content (AvgIpc) is 2.31. The Morgan fingerprint density at radius 3 is 2.24 bits per heavy atom. The molecule has 0 N–H and O–H groups in total. The second kappa shape index (κ2) is 6.55. The van der Waals surface area contributed by atoms with Gasteiger partial charge in [0.25, 0.3) is 0 Å². The van der Waals surface area contributed by atoms with Crippen LogP contribution >= 0.6 is 0 Å². The highest BCUT2D eigenvalue weighted by Crippen LogP contribution is 2.17. The zero-order valence-electron chi connectivity index (χ0n) is 11.1. The highest BCUT2D eigenvalue weighted by molar-refractivity contribution is 5.53. The molecule has 2 atom stereocenters. The first-order chi connectivity index (χ1) is 8.04. The van der Waals surface area contributed by atoms with Gasteiger partial charge in [0.05, 0.1) is 12.7 Å². The summed E-state index contributed by atoms with van der Waals surface area (Å²) in [6.07, 6.45) is 0.966. The lowest BCUT2D eigenvalue weighted by Crippen LogP contribution is -2.28. The van der Waals surface area contributed by atoms with Gasteiger partial charge >= 0.3 is 0 Å². The van der Waals surface area contributed by atoms with E-state index < -0.39 is 0 Å². The van der Waals surface area contributed by atoms with Gasteiger partial charge in [0, 0.05) is 5.92 Å². The molecule has 2 heteroatoms. The van der Waals surface area contributed by atoms with Gasteiger partial charge in [-0.3, -0.25) is 0 Å². The number of benzene rings is 1. The molecule has 94 valence electrons. The van der Waals surface area contributed by atoms with E-state index in [4.69, 9.17) is 4.74 Å². The van der Waals surface area contributed by atoms with Gasteiger partial charge in [-0.05, 0) is 18.4 Å². The van der Waals surface area contributed by atoms with Gasteiger partial charge in [-0.25, -0.2) is 0 Å². The zero-order valence-corrected chi connectivity index (χ0v) is 11.1. The lowest BCUT2D eigenvalue weighted by atomic mass is 9.96. The van der Waals surface area contributed by atoms with Gasteiger partial charge < -0.3 is 9.53 Å². The summed E-state index contributed by atoms with van der Waals surface area (Å²) in [6, 6.07) is 8.29. The first-order valence-electron chi connectivity index (χ1n) is 6.17. The van der Waals surface area contributed by atoms with E-state index in [0.29, 0.717) is 12.5 Å². The number of carbonyl (C=O) groups excluding carboxylic acids is 1. The lowest BCUT2D eigenvalue weighted by molar-refractivity contribution is -0.117. The first-order valence-corrected chi connectivity index (χ1v) is 6.17. The van der Waals surface area contributed by atoms with Crippen LogP contribution in [0.3, 0.4) is 0 Å². The minimum absolute atomic E-state index is 0.00574. The molecule has 0 aliphatic heterocycles. The topological polar surface area (TPSA) is 26.3 Å². The summed E-state index contributed by atoms with van der Waals surface area (Å²) in [4.78, 5) is 10.8. The Morgan fingerprint density at radius 1 is 1.18 bits per heavy atom. The molecule has 0 aliphatic carbocycles. The SMILES string of the molecule is Cc1ccc(CO[C@H](C(C)C)[C@@H](C)C=O)cc1. The van der Waals surface area contributed by atoms with E-state index in [9.17, 15) is 4.79 Å². The molecule has 0 saturated carbocycles. The number of rotatable bonds is 6. The summed E-state index contributed by atoms with van der Waals surface area (Å²) < 4.78 is 5.85. The zero-order chi connectivity index (χ0) is 12.8. The molecule has 0 bridgehead atoms. The Hall–Kier alpha value is -1.15. The average molecular weight is 234 g/mol. The van der Waals surface area contributed by atoms with Crippen LogP contribution in [0.25, 0.3) is 0 Å². The summed E-state index contributed by atoms with van der Waals surface area (Å²) in [5.74, 6) is 0.293. The van der Waals surface area contributed by atoms with E-state index in [1.54, 1.807) is 0 Å². The third-order valence-electron chi connectivity index (χ3n) is 2.95. The van der Waals surface area contributed by atoms with Crippen LogP contribution in [0.5, 0.6) is 0 Å². The van der Waals surface area contributed by atoms with Gasteiger partial charge in [-0.15, -0.1) is 0 Å². The third kappa shape index (κ3) is 4.31. The minimum atomic E-state index is -0.0551. The quantitative estimate of drug-likeness (QED) is 0.705. The Balaban J connectivity index is 2.57. The van der Waals surface area contributed by atoms with Crippen molar-refractivity contribution in [3.63, 3.8) is 0 Å². The van der Waals surface area contributed by atoms with Crippen LogP contribution in [0.2, 0.25) is 0 Å². The Kier molecular flexibility index (Phi) is 5.36. The maximum absolute atomic E-state index is 10.8. The Morgan fingerprint density at radius 2 is 1.76 bits per heavy atom. The summed E-state index contributed by atoms with van der Waals surface area (Å²) in [6.45, 7) is 8.71. The van der Waals surface area contributed by atoms with E-state index >= 15 is 0 Å². The van der Waals surface area contributed by atoms with E-state index in [-0.39, 0.29) is 12.0 Å². The molecule has 1 rings (SSSR count). The molecule has 1 aromatic rings. The number of hydrogen-bond donors (Lipinski definition) is 0. The van der Waals surface area contributed by atoms with Crippen LogP contribution in [-0.4, -0.2) is 12.4 Å². The predicted octanol–water partition coefficient (Wildman–Crippen LogP) is 3.37. The van der Waals surface area contributed by atoms with E-state index in [2.05, 4.69) is 45.0 Å². The van der Waals surface area contributed by atoms with Gasteiger partial charge in [0.15, 0.2) is 0 Å². The molecule has 0 amide bonds. The van der Waals surface area contributed by atoms with E-state index in [0.717, 1.165) is 11.8 Å². The largest absolute Gasteiger partial charge is 0.373 e. The van der Waals surface area contributed by atoms with Crippen molar-refractivity contribution in [3.05, 3.63) is 35.4 Å². The van der Waals surface area contributed by atoms with Crippen molar-refractivity contribution in [1.82, 2.24) is 0 Å². The second-order valence-corrected chi connectivity index (χ2v) is 5.00. The van der Waals surface area contributed by atoms with Crippen molar-refractivity contribution in [2.24, 2.45) is 11.8 Å². The molecule has 0 unspecified atom stereocenters. The Bertz CT molecular complexity index is 340. The molecular weight excluding hydrogens is 212 g/mol. The Labute approximate surface area is 104 Å². The monoisotopic (exact) mass is 234 g/mol. The molecular formula is C15H22O2. The van der Waals surface area contributed by atoms with Crippen LogP contribution in [0.4, 0.5) is 0 Å². The fraction of sp³-hybridized carbons (Fsp3) is 0.533. The smallest absolute Gasteiger partial charge is 0.125 e. The molecule has 0 heterocycles. The maximum atomic E-state index is 10.8. The van der Waals surface area contributed by atoms with Gasteiger partial charge in [0.2, 0.25) is 0 Å². The minimum Gasteiger partial charge on any atom is -0.373 e. The molecule has 1 aromatic carbocycles. The lowest BCUT2D eigenvalue weighted by Gasteiger charge is -2.24. The molecule has 0 spiro atoms. The maximum Gasteiger partial charge on any atom is 0.125 e. The molecule has 0 aromatic heterocycles. The van der Waals surface area contributed by atoms with E-state index in [1.807, 2.05) is 6.92 Å². The van der Waals surface area contributed by atoms with Crippen molar-refractivity contribution >= 4 is 6.29 Å². The normalized spacial score (nSPS) is 14.6. The molecule has 0 fully saturated rings. The highest BCUT2D eigenvalue weighted by atomic mass is 16.5. The standard InChI is InChI=1S/C15H22O2/c1-11(2)15(13(4)9-16)17-10-14-7-5-12(3)6-8-14/h5-9,11,13,15H,10H2,1-4H3/t13-,15+/m0/s1. The molecule has 0 aliphatic rings. The number of aldehydes is 1. The van der Waals surface area contributed by atoms with Crippen molar-refractivity contribution in [2.45, 2.75) is 40.4 Å². The van der Waals surface area contributed by atoms with Gasteiger partial charge in [-0.2, -0.15) is 0 Å². The predicted molar refractivity (Wildman–Crippen MR) is 69.8 cm³/mol. The number of ether oxygens (including phenoxy) is 1. The van der Waals surface area contributed by atoms with Crippen molar-refractivity contribution in [3.8, 4) is 0 Å². The number of carbonyl (C=O) groups is 1. The summed E-state index contributed by atoms with van der Waals surface area (Å²) >= 11 is 0. The number of hydrogen-bond acceptors (Lipinski definition) is 2. The molecule has 2 nitrogen and oxygen atoms in total. The second-order valence-electron chi connectivity index (χ2n) is 5.00. The molecule has 0 saturated heterocycles. The van der Waals surface area contributed by atoms with Crippen molar-refractivity contribution in [2.75, 3.05) is 0 Å². The fourth-order valence-corrected chi connectivity index (χ4v) is 1.91. The molecule has 0 radical (unpaired) electrons. The van der Waals surface area contributed by atoms with Crippen LogP contribution in [0.15, 0.2) is 24.3 Å². The van der Waals surface area contributed by atoms with Crippen molar-refractivity contribution in [1.29, 1.82) is 0 Å². The van der Waals surface area contributed by atoms with E-state index in [1.165, 1.54) is 5.56 Å². The van der Waals surface area contributed by atoms with Crippen LogP contribution in [0, 0.1) is 18.8 Å². The van der Waals surface area contributed by atoms with Crippen LogP contribution in [0.1, 0.15) is 31.9 Å². The molecule has 17 heavy (non-hydrogen) atoms. The third-order valence-corrected chi connectivity index (χ3v) is 2.95. The summed E-state index contributed by atoms with van der Waals surface area (Å²) in [7, 11) is 0. The summed E-state index contributed by atoms with van der Waals surface area (Å²) in [5.41, 5.74) is 2.40. The first kappa shape index (κ1) is 13.9.